The second kappa shape index (κ2) is 8.30. The Kier molecular flexibility index (Phi) is 6.39. The Hall–Kier alpha value is -1.86. The van der Waals surface area contributed by atoms with Crippen LogP contribution in [-0.4, -0.2) is 35.2 Å². The molecule has 7 heteroatoms. The topological polar surface area (TPSA) is 52.7 Å². The first-order valence-corrected chi connectivity index (χ1v) is 8.99. The van der Waals surface area contributed by atoms with Crippen LogP contribution in [0.2, 0.25) is 0 Å². The first-order valence-electron chi connectivity index (χ1n) is 7.77. The van der Waals surface area contributed by atoms with Gasteiger partial charge in [-0.2, -0.15) is 5.01 Å². The molecule has 5 nitrogen and oxygen atoms in total. The van der Waals surface area contributed by atoms with Crippen LogP contribution >= 0.6 is 24.0 Å². The molecule has 1 aliphatic rings. The summed E-state index contributed by atoms with van der Waals surface area (Å²) in [5.41, 5.74) is 4.59. The molecule has 2 rings (SSSR count). The minimum atomic E-state index is -0.286. The third-order valence-corrected chi connectivity index (χ3v) is 4.80. The molecule has 0 atom stereocenters. The Balaban J connectivity index is 2.08. The third-order valence-electron chi connectivity index (χ3n) is 3.49. The van der Waals surface area contributed by atoms with E-state index in [-0.39, 0.29) is 11.8 Å². The van der Waals surface area contributed by atoms with Gasteiger partial charge in [-0.3, -0.25) is 15.0 Å². The van der Waals surface area contributed by atoms with Gasteiger partial charge in [0.15, 0.2) is 4.32 Å². The lowest BCUT2D eigenvalue weighted by Crippen LogP contribution is -2.44. The Bertz CT molecular complexity index is 669. The van der Waals surface area contributed by atoms with E-state index in [2.05, 4.69) is 5.43 Å². The van der Waals surface area contributed by atoms with Gasteiger partial charge >= 0.3 is 0 Å². The van der Waals surface area contributed by atoms with Crippen molar-refractivity contribution in [1.82, 2.24) is 10.4 Å². The number of nitrogens with zero attached hydrogens (tertiary/aromatic N) is 2. The fraction of sp³-hybridized carbons (Fsp3) is 0.353. The Morgan fingerprint density at radius 3 is 2.58 bits per heavy atom. The average molecular weight is 364 g/mol. The summed E-state index contributed by atoms with van der Waals surface area (Å²) >= 11 is 6.40. The van der Waals surface area contributed by atoms with E-state index >= 15 is 0 Å². The molecule has 0 saturated carbocycles. The fourth-order valence-electron chi connectivity index (χ4n) is 2.10. The van der Waals surface area contributed by atoms with Crippen molar-refractivity contribution in [3.05, 3.63) is 34.7 Å². The van der Waals surface area contributed by atoms with Gasteiger partial charge < -0.3 is 4.90 Å². The van der Waals surface area contributed by atoms with Crippen LogP contribution in [0, 0.1) is 0 Å². The third kappa shape index (κ3) is 4.58. The van der Waals surface area contributed by atoms with Crippen LogP contribution in [-0.2, 0) is 9.59 Å². The molecule has 0 unspecified atom stereocenters. The van der Waals surface area contributed by atoms with E-state index in [1.807, 2.05) is 50.2 Å². The predicted molar refractivity (Wildman–Crippen MR) is 103 cm³/mol. The van der Waals surface area contributed by atoms with E-state index in [0.717, 1.165) is 29.1 Å². The number of amides is 2. The van der Waals surface area contributed by atoms with Gasteiger partial charge in [0.2, 0.25) is 5.91 Å². The molecule has 1 aromatic rings. The number of hydrogen-bond acceptors (Lipinski definition) is 5. The molecule has 1 aliphatic heterocycles. The van der Waals surface area contributed by atoms with Crippen molar-refractivity contribution in [2.75, 3.05) is 19.0 Å². The number of nitrogens with one attached hydrogen (secondary N) is 1. The summed E-state index contributed by atoms with van der Waals surface area (Å²) in [5.74, 6) is -0.476. The van der Waals surface area contributed by atoms with Crippen LogP contribution in [0.4, 0.5) is 5.69 Å². The van der Waals surface area contributed by atoms with Crippen LogP contribution in [0.3, 0.4) is 0 Å². The molecule has 1 heterocycles. The van der Waals surface area contributed by atoms with Gasteiger partial charge in [-0.1, -0.05) is 37.2 Å². The van der Waals surface area contributed by atoms with E-state index in [9.17, 15) is 9.59 Å². The smallest absolute Gasteiger partial charge is 0.285 e. The largest absolute Gasteiger partial charge is 0.378 e. The zero-order valence-electron chi connectivity index (χ0n) is 14.0. The molecule has 0 radical (unpaired) electrons. The minimum absolute atomic E-state index is 0.190. The van der Waals surface area contributed by atoms with Gasteiger partial charge in [0.1, 0.15) is 0 Å². The first kappa shape index (κ1) is 18.5. The van der Waals surface area contributed by atoms with Crippen LogP contribution in [0.15, 0.2) is 29.2 Å². The average Bonchev–Trinajstić information content (AvgIpc) is 2.81. The number of thioether (sulfide) groups is 1. The summed E-state index contributed by atoms with van der Waals surface area (Å²) in [4.78, 5) is 26.8. The van der Waals surface area contributed by atoms with Crippen molar-refractivity contribution in [2.24, 2.45) is 0 Å². The van der Waals surface area contributed by atoms with Crippen molar-refractivity contribution >= 4 is 51.9 Å². The summed E-state index contributed by atoms with van der Waals surface area (Å²) < 4.78 is 0.348. The van der Waals surface area contributed by atoms with E-state index in [4.69, 9.17) is 12.2 Å². The highest BCUT2D eigenvalue weighted by Crippen LogP contribution is 2.31. The number of carbonyl (C=O) groups excluding carboxylic acids is 2. The molecular weight excluding hydrogens is 342 g/mol. The van der Waals surface area contributed by atoms with Gasteiger partial charge in [-0.15, -0.1) is 0 Å². The molecular formula is C17H21N3O2S2. The Labute approximate surface area is 152 Å². The molecule has 1 N–H and O–H groups in total. The number of hydrazine groups is 1. The second-order valence-electron chi connectivity index (χ2n) is 5.64. The minimum Gasteiger partial charge on any atom is -0.378 e. The summed E-state index contributed by atoms with van der Waals surface area (Å²) in [7, 11) is 3.95. The van der Waals surface area contributed by atoms with Crippen LogP contribution in [0.1, 0.15) is 31.7 Å². The molecule has 1 saturated heterocycles. The lowest BCUT2D eigenvalue weighted by Gasteiger charge is -2.15. The number of anilines is 1. The van der Waals surface area contributed by atoms with Gasteiger partial charge in [0.05, 0.1) is 4.91 Å². The van der Waals surface area contributed by atoms with E-state index in [0.29, 0.717) is 15.6 Å². The van der Waals surface area contributed by atoms with Crippen molar-refractivity contribution in [1.29, 1.82) is 0 Å². The molecule has 2 amide bonds. The summed E-state index contributed by atoms with van der Waals surface area (Å²) in [5, 5.41) is 1.16. The molecule has 0 spiro atoms. The van der Waals surface area contributed by atoms with E-state index in [1.165, 1.54) is 11.8 Å². The van der Waals surface area contributed by atoms with Crippen LogP contribution < -0.4 is 10.3 Å². The number of rotatable bonds is 6. The maximum atomic E-state index is 12.4. The number of thiocarbonyl (C=S) groups is 1. The normalized spacial score (nSPS) is 16.0. The number of hydrogen-bond donors (Lipinski definition) is 1. The van der Waals surface area contributed by atoms with E-state index < -0.39 is 0 Å². The number of carbonyl (C=O) groups is 2. The maximum Gasteiger partial charge on any atom is 0.285 e. The molecule has 0 bridgehead atoms. The molecule has 1 fully saturated rings. The highest BCUT2D eigenvalue weighted by Gasteiger charge is 2.33. The molecule has 24 heavy (non-hydrogen) atoms. The van der Waals surface area contributed by atoms with Gasteiger partial charge in [-0.05, 0) is 42.4 Å². The number of benzene rings is 1. The van der Waals surface area contributed by atoms with Crippen molar-refractivity contribution < 1.29 is 9.59 Å². The van der Waals surface area contributed by atoms with Gasteiger partial charge in [0.25, 0.3) is 5.91 Å². The number of unbranched alkanes of at least 4 members (excludes halogenated alkanes) is 1. The molecule has 128 valence electrons. The summed E-state index contributed by atoms with van der Waals surface area (Å²) in [6, 6.07) is 7.86. The lowest BCUT2D eigenvalue weighted by molar-refractivity contribution is -0.133. The Morgan fingerprint density at radius 2 is 2.00 bits per heavy atom. The SMILES string of the molecule is CCCCC(=O)NN1C(=O)/C(=C\c2ccc(N(C)C)cc2)SC1=S. The van der Waals surface area contributed by atoms with Crippen molar-refractivity contribution in [3.8, 4) is 0 Å². The zero-order chi connectivity index (χ0) is 17.7. The standard InChI is InChI=1S/C17H21N3O2S2/c1-4-5-6-15(21)18-20-16(22)14(24-17(20)23)11-12-7-9-13(10-8-12)19(2)3/h7-11H,4-6H2,1-3H3,(H,18,21)/b14-11+. The Morgan fingerprint density at radius 1 is 1.33 bits per heavy atom. The van der Waals surface area contributed by atoms with Crippen molar-refractivity contribution in [3.63, 3.8) is 0 Å². The molecule has 1 aromatic carbocycles. The first-order chi connectivity index (χ1) is 11.4. The van der Waals surface area contributed by atoms with Gasteiger partial charge in [-0.25, -0.2) is 0 Å². The monoisotopic (exact) mass is 363 g/mol. The van der Waals surface area contributed by atoms with Crippen LogP contribution in [0.25, 0.3) is 6.08 Å². The maximum absolute atomic E-state index is 12.4. The highest BCUT2D eigenvalue weighted by atomic mass is 32.2. The van der Waals surface area contributed by atoms with Crippen LogP contribution in [0.5, 0.6) is 0 Å². The van der Waals surface area contributed by atoms with E-state index in [1.54, 1.807) is 6.08 Å². The highest BCUT2D eigenvalue weighted by molar-refractivity contribution is 8.26. The fourth-order valence-corrected chi connectivity index (χ4v) is 3.28. The predicted octanol–water partition coefficient (Wildman–Crippen LogP) is 3.18. The van der Waals surface area contributed by atoms with Crippen molar-refractivity contribution in [2.45, 2.75) is 26.2 Å². The summed E-state index contributed by atoms with van der Waals surface area (Å²) in [6.45, 7) is 2.01. The molecule has 0 aliphatic carbocycles. The second-order valence-corrected chi connectivity index (χ2v) is 7.32. The molecule has 0 aromatic heterocycles. The quantitative estimate of drug-likeness (QED) is 0.621. The lowest BCUT2D eigenvalue weighted by atomic mass is 10.2. The van der Waals surface area contributed by atoms with Gasteiger partial charge in [0, 0.05) is 26.2 Å². The summed E-state index contributed by atoms with van der Waals surface area (Å²) in [6.07, 6.45) is 3.89. The zero-order valence-corrected chi connectivity index (χ0v) is 15.7.